The summed E-state index contributed by atoms with van der Waals surface area (Å²) in [6, 6.07) is 2.04. The van der Waals surface area contributed by atoms with Crippen LogP contribution in [0, 0.1) is 13.8 Å². The fraction of sp³-hybridized carbons (Fsp3) is 0.538. The largest absolute Gasteiger partial charge is 0.389 e. The van der Waals surface area contributed by atoms with E-state index in [0.29, 0.717) is 17.8 Å². The Balaban J connectivity index is 2.23. The van der Waals surface area contributed by atoms with Crippen LogP contribution in [0.15, 0.2) is 6.07 Å². The minimum absolute atomic E-state index is 0.132. The van der Waals surface area contributed by atoms with E-state index in [2.05, 4.69) is 10.3 Å². The molecule has 0 saturated carbocycles. The van der Waals surface area contributed by atoms with Crippen molar-refractivity contribution in [2.75, 3.05) is 16.8 Å². The van der Waals surface area contributed by atoms with Crippen LogP contribution in [0.3, 0.4) is 0 Å². The maximum Gasteiger partial charge on any atom is 0.150 e. The van der Waals surface area contributed by atoms with Crippen molar-refractivity contribution in [3.8, 4) is 0 Å². The van der Waals surface area contributed by atoms with Gasteiger partial charge in [-0.25, -0.2) is 8.42 Å². The summed E-state index contributed by atoms with van der Waals surface area (Å²) >= 11 is 5.09. The van der Waals surface area contributed by atoms with Crippen molar-refractivity contribution in [2.45, 2.75) is 32.7 Å². The Morgan fingerprint density at radius 2 is 2.00 bits per heavy atom. The lowest BCUT2D eigenvalue weighted by molar-refractivity contribution is 0.559. The first-order valence-corrected chi connectivity index (χ1v) is 8.76. The smallest absolute Gasteiger partial charge is 0.150 e. The zero-order valence-corrected chi connectivity index (χ0v) is 13.3. The van der Waals surface area contributed by atoms with Gasteiger partial charge in [0.1, 0.15) is 14.8 Å². The molecule has 0 radical (unpaired) electrons. The second kappa shape index (κ2) is 5.65. The van der Waals surface area contributed by atoms with Crippen LogP contribution in [0.1, 0.15) is 29.8 Å². The van der Waals surface area contributed by atoms with E-state index < -0.39 is 9.84 Å². The maximum absolute atomic E-state index is 11.5. The number of hydrogen-bond donors (Lipinski definition) is 2. The molecule has 1 aromatic heterocycles. The van der Waals surface area contributed by atoms with Crippen molar-refractivity contribution in [1.82, 2.24) is 4.98 Å². The fourth-order valence-electron chi connectivity index (χ4n) is 2.51. The van der Waals surface area contributed by atoms with E-state index >= 15 is 0 Å². The molecule has 1 fully saturated rings. The average Bonchev–Trinajstić information content (AvgIpc) is 2.30. The number of sulfone groups is 1. The second-order valence-corrected chi connectivity index (χ2v) is 7.95. The van der Waals surface area contributed by atoms with Gasteiger partial charge in [-0.15, -0.1) is 0 Å². The highest BCUT2D eigenvalue weighted by molar-refractivity contribution is 7.91. The highest BCUT2D eigenvalue weighted by atomic mass is 32.2. The van der Waals surface area contributed by atoms with Crippen molar-refractivity contribution < 1.29 is 8.42 Å². The number of nitrogens with zero attached hydrogens (tertiary/aromatic N) is 1. The molecule has 7 heteroatoms. The summed E-state index contributed by atoms with van der Waals surface area (Å²) in [5.74, 6) is 0.465. The lowest BCUT2D eigenvalue weighted by Crippen LogP contribution is -2.33. The molecule has 1 saturated heterocycles. The van der Waals surface area contributed by atoms with Gasteiger partial charge in [-0.3, -0.25) is 4.98 Å². The molecule has 1 aliphatic heterocycles. The first-order chi connectivity index (χ1) is 9.28. The van der Waals surface area contributed by atoms with E-state index in [9.17, 15) is 8.42 Å². The zero-order chi connectivity index (χ0) is 14.9. The molecule has 0 atom stereocenters. The molecule has 110 valence electrons. The van der Waals surface area contributed by atoms with E-state index in [1.165, 1.54) is 0 Å². The van der Waals surface area contributed by atoms with Gasteiger partial charge in [-0.05, 0) is 32.8 Å². The third-order valence-electron chi connectivity index (χ3n) is 3.49. The topological polar surface area (TPSA) is 85.1 Å². The molecule has 3 N–H and O–H groups in total. The van der Waals surface area contributed by atoms with Gasteiger partial charge in [-0.1, -0.05) is 12.2 Å². The quantitative estimate of drug-likeness (QED) is 0.819. The van der Waals surface area contributed by atoms with Crippen LogP contribution >= 0.6 is 12.2 Å². The summed E-state index contributed by atoms with van der Waals surface area (Å²) in [6.45, 7) is 3.78. The summed E-state index contributed by atoms with van der Waals surface area (Å²) in [5, 5.41) is 3.38. The first kappa shape index (κ1) is 15.2. The van der Waals surface area contributed by atoms with Crippen LogP contribution < -0.4 is 11.1 Å². The molecular formula is C13H19N3O2S2. The van der Waals surface area contributed by atoms with Gasteiger partial charge in [0.2, 0.25) is 0 Å². The predicted molar refractivity (Wildman–Crippen MR) is 84.9 cm³/mol. The Morgan fingerprint density at radius 3 is 2.55 bits per heavy atom. The van der Waals surface area contributed by atoms with Crippen molar-refractivity contribution in [2.24, 2.45) is 5.73 Å². The minimum atomic E-state index is -2.85. The molecule has 0 aliphatic carbocycles. The summed E-state index contributed by atoms with van der Waals surface area (Å²) in [5.41, 5.74) is 9.05. The molecule has 0 spiro atoms. The Labute approximate surface area is 124 Å². The van der Waals surface area contributed by atoms with Crippen LogP contribution in [0.2, 0.25) is 0 Å². The van der Waals surface area contributed by atoms with Crippen LogP contribution in [-0.4, -0.2) is 35.9 Å². The molecule has 1 aliphatic rings. The van der Waals surface area contributed by atoms with E-state index in [1.54, 1.807) is 0 Å². The van der Waals surface area contributed by atoms with Gasteiger partial charge in [0.25, 0.3) is 0 Å². The van der Waals surface area contributed by atoms with Gasteiger partial charge >= 0.3 is 0 Å². The molecule has 0 unspecified atom stereocenters. The molecular weight excluding hydrogens is 294 g/mol. The molecule has 5 nitrogen and oxygen atoms in total. The fourth-order valence-corrected chi connectivity index (χ4v) is 4.26. The number of rotatable bonds is 3. The van der Waals surface area contributed by atoms with Crippen molar-refractivity contribution in [1.29, 1.82) is 0 Å². The third-order valence-corrected chi connectivity index (χ3v) is 5.41. The average molecular weight is 313 g/mol. The van der Waals surface area contributed by atoms with E-state index in [0.717, 1.165) is 22.6 Å². The van der Waals surface area contributed by atoms with Crippen molar-refractivity contribution in [3.63, 3.8) is 0 Å². The van der Waals surface area contributed by atoms with Gasteiger partial charge in [0, 0.05) is 23.1 Å². The second-order valence-electron chi connectivity index (χ2n) is 5.21. The van der Waals surface area contributed by atoms with Crippen LogP contribution in [0.5, 0.6) is 0 Å². The van der Waals surface area contributed by atoms with Crippen molar-refractivity contribution >= 4 is 32.7 Å². The number of aromatic nitrogens is 1. The predicted octanol–water partition coefficient (Wildman–Crippen LogP) is 1.32. The highest BCUT2D eigenvalue weighted by Gasteiger charge is 2.24. The first-order valence-electron chi connectivity index (χ1n) is 6.53. The normalized spacial score (nSPS) is 18.7. The van der Waals surface area contributed by atoms with Gasteiger partial charge in [0.05, 0.1) is 17.1 Å². The number of thiocarbonyl (C=S) groups is 1. The minimum Gasteiger partial charge on any atom is -0.389 e. The standard InChI is InChI=1S/C13H19N3O2S2/c1-8-7-11(12(13(14)19)9(2)15-8)16-10-3-5-20(17,18)6-4-10/h7,10H,3-6H2,1-2H3,(H2,14,19)(H,15,16). The van der Waals surface area contributed by atoms with Gasteiger partial charge in [-0.2, -0.15) is 0 Å². The molecule has 0 amide bonds. The Kier molecular flexibility index (Phi) is 4.29. The number of hydrogen-bond acceptors (Lipinski definition) is 5. The van der Waals surface area contributed by atoms with Crippen LogP contribution in [0.25, 0.3) is 0 Å². The Morgan fingerprint density at radius 1 is 1.40 bits per heavy atom. The summed E-state index contributed by atoms with van der Waals surface area (Å²) in [4.78, 5) is 4.67. The number of nitrogens with two attached hydrogens (primary N) is 1. The Bertz CT molecular complexity index is 627. The summed E-state index contributed by atoms with van der Waals surface area (Å²) < 4.78 is 22.9. The van der Waals surface area contributed by atoms with E-state index in [1.807, 2.05) is 19.9 Å². The van der Waals surface area contributed by atoms with E-state index in [4.69, 9.17) is 18.0 Å². The molecule has 20 heavy (non-hydrogen) atoms. The number of nitrogens with one attached hydrogen (secondary N) is 1. The number of aryl methyl sites for hydroxylation is 2. The SMILES string of the molecule is Cc1cc(NC2CCS(=O)(=O)CC2)c(C(N)=S)c(C)n1. The zero-order valence-electron chi connectivity index (χ0n) is 11.6. The van der Waals surface area contributed by atoms with Crippen LogP contribution in [0.4, 0.5) is 5.69 Å². The lowest BCUT2D eigenvalue weighted by Gasteiger charge is -2.25. The van der Waals surface area contributed by atoms with Gasteiger partial charge in [0.15, 0.2) is 0 Å². The van der Waals surface area contributed by atoms with Crippen LogP contribution in [-0.2, 0) is 9.84 Å². The van der Waals surface area contributed by atoms with Gasteiger partial charge < -0.3 is 11.1 Å². The molecule has 2 rings (SSSR count). The lowest BCUT2D eigenvalue weighted by atomic mass is 10.1. The molecule has 0 aromatic carbocycles. The Hall–Kier alpha value is -1.21. The monoisotopic (exact) mass is 313 g/mol. The van der Waals surface area contributed by atoms with E-state index in [-0.39, 0.29) is 17.5 Å². The van der Waals surface area contributed by atoms with Crippen molar-refractivity contribution in [3.05, 3.63) is 23.0 Å². The molecule has 2 heterocycles. The summed E-state index contributed by atoms with van der Waals surface area (Å²) in [6.07, 6.45) is 1.22. The number of pyridine rings is 1. The number of anilines is 1. The molecule has 0 bridgehead atoms. The molecule has 1 aromatic rings. The highest BCUT2D eigenvalue weighted by Crippen LogP contribution is 2.23. The summed E-state index contributed by atoms with van der Waals surface area (Å²) in [7, 11) is -2.85. The maximum atomic E-state index is 11.5. The third kappa shape index (κ3) is 3.46.